The molecular formula is C15H21N3O2S. The number of carbonyl (C=O) groups excluding carboxylic acids is 2. The number of rotatable bonds is 7. The number of benzene rings is 1. The van der Waals surface area contributed by atoms with Crippen molar-refractivity contribution in [3.05, 3.63) is 29.8 Å². The highest BCUT2D eigenvalue weighted by Gasteiger charge is 2.25. The second-order valence-corrected chi connectivity index (χ2v) is 6.16. The van der Waals surface area contributed by atoms with Gasteiger partial charge in [0.05, 0.1) is 17.3 Å². The SMILES string of the molecule is CSCC[C@H](N)C(=O)Nc1ccccc1C(=O)NC1CC1. The lowest BCUT2D eigenvalue weighted by Crippen LogP contribution is -2.36. The molecule has 21 heavy (non-hydrogen) atoms. The van der Waals surface area contributed by atoms with Crippen LogP contribution >= 0.6 is 11.8 Å². The van der Waals surface area contributed by atoms with E-state index in [1.807, 2.05) is 6.26 Å². The molecule has 0 unspecified atom stereocenters. The lowest BCUT2D eigenvalue weighted by atomic mass is 10.1. The fourth-order valence-electron chi connectivity index (χ4n) is 1.88. The van der Waals surface area contributed by atoms with E-state index in [0.29, 0.717) is 17.7 Å². The zero-order valence-electron chi connectivity index (χ0n) is 12.1. The third-order valence-corrected chi connectivity index (χ3v) is 3.96. The van der Waals surface area contributed by atoms with Crippen LogP contribution in [0.3, 0.4) is 0 Å². The van der Waals surface area contributed by atoms with E-state index in [1.165, 1.54) is 0 Å². The van der Waals surface area contributed by atoms with Crippen molar-refractivity contribution >= 4 is 29.3 Å². The van der Waals surface area contributed by atoms with E-state index in [-0.39, 0.29) is 17.9 Å². The first kappa shape index (κ1) is 15.9. The molecule has 0 spiro atoms. The number of amides is 2. The smallest absolute Gasteiger partial charge is 0.253 e. The second kappa shape index (κ2) is 7.47. The number of para-hydroxylation sites is 1. The van der Waals surface area contributed by atoms with Crippen LogP contribution in [0, 0.1) is 0 Å². The standard InChI is InChI=1S/C15H21N3O2S/c1-21-9-8-12(16)15(20)18-13-5-3-2-4-11(13)14(19)17-10-6-7-10/h2-5,10,12H,6-9,16H2,1H3,(H,17,19)(H,18,20)/t12-/m0/s1. The topological polar surface area (TPSA) is 84.2 Å². The summed E-state index contributed by atoms with van der Waals surface area (Å²) in [7, 11) is 0. The molecule has 0 aliphatic heterocycles. The number of hydrogen-bond acceptors (Lipinski definition) is 4. The molecule has 0 aromatic heterocycles. The quantitative estimate of drug-likeness (QED) is 0.714. The molecule has 114 valence electrons. The lowest BCUT2D eigenvalue weighted by Gasteiger charge is -2.14. The molecule has 6 heteroatoms. The third-order valence-electron chi connectivity index (χ3n) is 3.31. The predicted octanol–water partition coefficient (Wildman–Crippen LogP) is 1.60. The highest BCUT2D eigenvalue weighted by Crippen LogP contribution is 2.21. The van der Waals surface area contributed by atoms with Gasteiger partial charge in [0.2, 0.25) is 5.91 Å². The minimum Gasteiger partial charge on any atom is -0.349 e. The van der Waals surface area contributed by atoms with Gasteiger partial charge in [-0.15, -0.1) is 0 Å². The van der Waals surface area contributed by atoms with E-state index in [2.05, 4.69) is 10.6 Å². The van der Waals surface area contributed by atoms with Gasteiger partial charge in [0, 0.05) is 6.04 Å². The number of anilines is 1. The van der Waals surface area contributed by atoms with Gasteiger partial charge in [-0.05, 0) is 43.4 Å². The zero-order valence-corrected chi connectivity index (χ0v) is 12.9. The summed E-state index contributed by atoms with van der Waals surface area (Å²) in [6, 6.07) is 6.73. The van der Waals surface area contributed by atoms with Gasteiger partial charge >= 0.3 is 0 Å². The Morgan fingerprint density at radius 2 is 2.10 bits per heavy atom. The maximum absolute atomic E-state index is 12.1. The molecule has 1 atom stereocenters. The number of nitrogens with two attached hydrogens (primary N) is 1. The Kier molecular flexibility index (Phi) is 5.64. The van der Waals surface area contributed by atoms with E-state index >= 15 is 0 Å². The van der Waals surface area contributed by atoms with Gasteiger partial charge in [-0.3, -0.25) is 9.59 Å². The lowest BCUT2D eigenvalue weighted by molar-refractivity contribution is -0.117. The van der Waals surface area contributed by atoms with Crippen molar-refractivity contribution in [1.82, 2.24) is 5.32 Å². The van der Waals surface area contributed by atoms with Gasteiger partial charge in [0.25, 0.3) is 5.91 Å². The molecule has 4 N–H and O–H groups in total. The summed E-state index contributed by atoms with van der Waals surface area (Å²) in [4.78, 5) is 24.2. The number of carbonyl (C=O) groups is 2. The Bertz CT molecular complexity index is 517. The van der Waals surface area contributed by atoms with Crippen molar-refractivity contribution in [1.29, 1.82) is 0 Å². The van der Waals surface area contributed by atoms with Gasteiger partial charge in [0.1, 0.15) is 0 Å². The molecule has 5 nitrogen and oxygen atoms in total. The van der Waals surface area contributed by atoms with E-state index in [4.69, 9.17) is 5.73 Å². The maximum atomic E-state index is 12.1. The maximum Gasteiger partial charge on any atom is 0.253 e. The molecule has 0 heterocycles. The number of thioether (sulfide) groups is 1. The molecule has 1 aliphatic rings. The van der Waals surface area contributed by atoms with E-state index < -0.39 is 6.04 Å². The molecule has 1 aromatic carbocycles. The fourth-order valence-corrected chi connectivity index (χ4v) is 2.37. The summed E-state index contributed by atoms with van der Waals surface area (Å²) >= 11 is 1.65. The van der Waals surface area contributed by atoms with E-state index in [0.717, 1.165) is 18.6 Å². The molecule has 1 aromatic rings. The predicted molar refractivity (Wildman–Crippen MR) is 86.5 cm³/mol. The van der Waals surface area contributed by atoms with Crippen LogP contribution in [0.4, 0.5) is 5.69 Å². The Morgan fingerprint density at radius 3 is 2.76 bits per heavy atom. The average molecular weight is 307 g/mol. The fraction of sp³-hybridized carbons (Fsp3) is 0.467. The largest absolute Gasteiger partial charge is 0.349 e. The van der Waals surface area contributed by atoms with Gasteiger partial charge < -0.3 is 16.4 Å². The summed E-state index contributed by atoms with van der Waals surface area (Å²) in [5, 5.41) is 5.68. The van der Waals surface area contributed by atoms with Crippen LogP contribution in [0.1, 0.15) is 29.6 Å². The summed E-state index contributed by atoms with van der Waals surface area (Å²) in [6.45, 7) is 0. The van der Waals surface area contributed by atoms with Crippen molar-refractivity contribution in [2.24, 2.45) is 5.73 Å². The summed E-state index contributed by atoms with van der Waals surface area (Å²) < 4.78 is 0. The Labute approximate surface area is 129 Å². The first-order chi connectivity index (χ1) is 10.1. The minimum absolute atomic E-state index is 0.147. The molecule has 2 amide bonds. The average Bonchev–Trinajstić information content (AvgIpc) is 3.29. The highest BCUT2D eigenvalue weighted by molar-refractivity contribution is 7.98. The minimum atomic E-state index is -0.558. The molecule has 0 saturated heterocycles. The van der Waals surface area contributed by atoms with Crippen LogP contribution in [0.15, 0.2) is 24.3 Å². The highest BCUT2D eigenvalue weighted by atomic mass is 32.2. The van der Waals surface area contributed by atoms with Crippen LogP contribution in [-0.4, -0.2) is 35.9 Å². The van der Waals surface area contributed by atoms with Crippen molar-refractivity contribution < 1.29 is 9.59 Å². The number of hydrogen-bond donors (Lipinski definition) is 3. The Balaban J connectivity index is 2.01. The molecule has 1 saturated carbocycles. The Hall–Kier alpha value is -1.53. The van der Waals surface area contributed by atoms with Crippen LogP contribution in [0.2, 0.25) is 0 Å². The first-order valence-corrected chi connectivity index (χ1v) is 8.46. The van der Waals surface area contributed by atoms with Gasteiger partial charge in [-0.2, -0.15) is 11.8 Å². The van der Waals surface area contributed by atoms with Crippen molar-refractivity contribution in [2.75, 3.05) is 17.3 Å². The van der Waals surface area contributed by atoms with Gasteiger partial charge in [-0.1, -0.05) is 12.1 Å². The van der Waals surface area contributed by atoms with Gasteiger partial charge in [-0.25, -0.2) is 0 Å². The van der Waals surface area contributed by atoms with Crippen molar-refractivity contribution in [3.63, 3.8) is 0 Å². The molecule has 2 rings (SSSR count). The summed E-state index contributed by atoms with van der Waals surface area (Å²) in [5.41, 5.74) is 6.84. The summed E-state index contributed by atoms with van der Waals surface area (Å²) in [6.07, 6.45) is 4.64. The molecular weight excluding hydrogens is 286 g/mol. The molecule has 1 fully saturated rings. The molecule has 0 radical (unpaired) electrons. The van der Waals surface area contributed by atoms with Gasteiger partial charge in [0.15, 0.2) is 0 Å². The normalized spacial score (nSPS) is 15.3. The third kappa shape index (κ3) is 4.75. The van der Waals surface area contributed by atoms with Crippen molar-refractivity contribution in [3.8, 4) is 0 Å². The van der Waals surface area contributed by atoms with Crippen LogP contribution in [0.5, 0.6) is 0 Å². The van der Waals surface area contributed by atoms with Crippen molar-refractivity contribution in [2.45, 2.75) is 31.3 Å². The Morgan fingerprint density at radius 1 is 1.38 bits per heavy atom. The second-order valence-electron chi connectivity index (χ2n) is 5.17. The van der Waals surface area contributed by atoms with Crippen LogP contribution < -0.4 is 16.4 Å². The summed E-state index contributed by atoms with van der Waals surface area (Å²) in [5.74, 6) is 0.431. The van der Waals surface area contributed by atoms with E-state index in [9.17, 15) is 9.59 Å². The molecule has 0 bridgehead atoms. The molecule has 1 aliphatic carbocycles. The number of nitrogens with one attached hydrogen (secondary N) is 2. The van der Waals surface area contributed by atoms with Crippen LogP contribution in [-0.2, 0) is 4.79 Å². The zero-order chi connectivity index (χ0) is 15.2. The van der Waals surface area contributed by atoms with E-state index in [1.54, 1.807) is 36.0 Å². The van der Waals surface area contributed by atoms with Crippen LogP contribution in [0.25, 0.3) is 0 Å². The monoisotopic (exact) mass is 307 g/mol. The first-order valence-electron chi connectivity index (χ1n) is 7.07.